The van der Waals surface area contributed by atoms with Crippen LogP contribution in [-0.4, -0.2) is 74.6 Å². The Hall–Kier alpha value is -2.15. The lowest BCUT2D eigenvalue weighted by Crippen LogP contribution is -2.44. The van der Waals surface area contributed by atoms with Gasteiger partial charge in [-0.2, -0.15) is 0 Å². The fourth-order valence-electron chi connectivity index (χ4n) is 6.73. The summed E-state index contributed by atoms with van der Waals surface area (Å²) in [6.07, 6.45) is 38.4. The molecule has 7 nitrogen and oxygen atoms in total. The topological polar surface area (TPSA) is 76.2 Å². The van der Waals surface area contributed by atoms with Gasteiger partial charge in [-0.3, -0.25) is 14.4 Å². The molecule has 0 saturated carbocycles. The Balaban J connectivity index is 4.93. The molecule has 54 heavy (non-hydrogen) atoms. The summed E-state index contributed by atoms with van der Waals surface area (Å²) in [7, 11) is 4.03. The highest BCUT2D eigenvalue weighted by Crippen LogP contribution is 2.19. The molecule has 0 aromatic heterocycles. The van der Waals surface area contributed by atoms with Crippen LogP contribution < -0.4 is 0 Å². The minimum Gasteiger partial charge on any atom is -0.465 e. The second-order valence-electron chi connectivity index (χ2n) is 15.9. The summed E-state index contributed by atoms with van der Waals surface area (Å²) < 4.78 is 11.6. The van der Waals surface area contributed by atoms with E-state index >= 15 is 0 Å². The highest BCUT2D eigenvalue weighted by molar-refractivity contribution is 5.78. The number of rotatable bonds is 39. The van der Waals surface area contributed by atoms with Gasteiger partial charge in [-0.15, -0.1) is 0 Å². The molecule has 0 aliphatic carbocycles. The van der Waals surface area contributed by atoms with E-state index in [0.717, 1.165) is 96.4 Å². The zero-order valence-electron chi connectivity index (χ0n) is 36.5. The van der Waals surface area contributed by atoms with Gasteiger partial charge in [0.2, 0.25) is 5.91 Å². The van der Waals surface area contributed by atoms with Crippen molar-refractivity contribution in [2.24, 2.45) is 11.8 Å². The molecule has 0 aromatic rings. The summed E-state index contributed by atoms with van der Waals surface area (Å²) in [6.45, 7) is 10.8. The van der Waals surface area contributed by atoms with Gasteiger partial charge in [0.25, 0.3) is 0 Å². The maximum atomic E-state index is 13.8. The van der Waals surface area contributed by atoms with E-state index in [-0.39, 0.29) is 42.9 Å². The third-order valence-corrected chi connectivity index (χ3v) is 10.4. The van der Waals surface area contributed by atoms with Crippen LogP contribution in [0.25, 0.3) is 0 Å². The Morgan fingerprint density at radius 1 is 0.537 bits per heavy atom. The van der Waals surface area contributed by atoms with Crippen molar-refractivity contribution in [3.8, 4) is 0 Å². The lowest BCUT2D eigenvalue weighted by atomic mass is 9.96. The average Bonchev–Trinajstić information content (AvgIpc) is 3.16. The Morgan fingerprint density at radius 3 is 1.44 bits per heavy atom. The van der Waals surface area contributed by atoms with Gasteiger partial charge < -0.3 is 19.3 Å². The number of esters is 2. The van der Waals surface area contributed by atoms with Gasteiger partial charge in [0.05, 0.1) is 13.2 Å². The van der Waals surface area contributed by atoms with E-state index in [4.69, 9.17) is 9.47 Å². The molecule has 1 amide bonds. The molecular formula is C47H88N2O5. The minimum atomic E-state index is -0.262. The summed E-state index contributed by atoms with van der Waals surface area (Å²) in [5.41, 5.74) is 0. The lowest BCUT2D eigenvalue weighted by Gasteiger charge is -2.31. The predicted molar refractivity (Wildman–Crippen MR) is 230 cm³/mol. The number of amides is 1. The highest BCUT2D eigenvalue weighted by Gasteiger charge is 2.26. The van der Waals surface area contributed by atoms with Gasteiger partial charge in [0.15, 0.2) is 0 Å². The van der Waals surface area contributed by atoms with Crippen molar-refractivity contribution in [3.05, 3.63) is 24.3 Å². The van der Waals surface area contributed by atoms with E-state index in [0.29, 0.717) is 25.9 Å². The Kier molecular flexibility index (Phi) is 37.5. The molecule has 0 fully saturated rings. The summed E-state index contributed by atoms with van der Waals surface area (Å²) in [4.78, 5) is 43.5. The van der Waals surface area contributed by atoms with Gasteiger partial charge in [-0.25, -0.2) is 0 Å². The first-order chi connectivity index (χ1) is 26.3. The molecule has 0 N–H and O–H groups in total. The van der Waals surface area contributed by atoms with Gasteiger partial charge in [-0.05, 0) is 84.7 Å². The number of ether oxygens (including phenoxy) is 2. The first-order valence-electron chi connectivity index (χ1n) is 22.8. The standard InChI is InChI=1S/C47H88N2O5/c1-7-11-14-16-18-20-21-22-23-24-25-27-29-31-34-37-46(51)54-42-43(41-53-45(50)36-33-30-28-26-19-17-15-12-8-2)40-49(39-38-48(5)6)47(52)44(10-4)35-32-13-9-3/h12,15,22-23,43-44H,7-11,13-14,16-21,24-42H2,1-6H3/b15-12-,23-22-. The van der Waals surface area contributed by atoms with Crippen LogP contribution in [0.3, 0.4) is 0 Å². The zero-order chi connectivity index (χ0) is 39.9. The molecule has 0 spiro atoms. The fourth-order valence-corrected chi connectivity index (χ4v) is 6.73. The number of nitrogens with zero attached hydrogens (tertiary/aromatic N) is 2. The van der Waals surface area contributed by atoms with Gasteiger partial charge in [-0.1, -0.05) is 142 Å². The molecule has 2 unspecified atom stereocenters. The van der Waals surface area contributed by atoms with E-state index in [9.17, 15) is 14.4 Å². The van der Waals surface area contributed by atoms with E-state index in [2.05, 4.69) is 56.9 Å². The van der Waals surface area contributed by atoms with Crippen molar-refractivity contribution in [2.45, 2.75) is 201 Å². The second kappa shape index (κ2) is 39.1. The average molecular weight is 761 g/mol. The lowest BCUT2D eigenvalue weighted by molar-refractivity contribution is -0.150. The van der Waals surface area contributed by atoms with E-state index in [1.165, 1.54) is 70.6 Å². The van der Waals surface area contributed by atoms with Crippen molar-refractivity contribution in [3.63, 3.8) is 0 Å². The van der Waals surface area contributed by atoms with Crippen LogP contribution >= 0.6 is 0 Å². The van der Waals surface area contributed by atoms with Crippen molar-refractivity contribution in [1.82, 2.24) is 9.80 Å². The molecule has 316 valence electrons. The molecule has 0 rings (SSSR count). The third-order valence-electron chi connectivity index (χ3n) is 10.4. The third kappa shape index (κ3) is 33.2. The van der Waals surface area contributed by atoms with Crippen molar-refractivity contribution >= 4 is 17.8 Å². The van der Waals surface area contributed by atoms with E-state index < -0.39 is 0 Å². The molecular weight excluding hydrogens is 673 g/mol. The largest absolute Gasteiger partial charge is 0.465 e. The normalized spacial score (nSPS) is 12.9. The summed E-state index contributed by atoms with van der Waals surface area (Å²) in [5.74, 6) is -0.527. The summed E-state index contributed by atoms with van der Waals surface area (Å²) >= 11 is 0. The smallest absolute Gasteiger partial charge is 0.305 e. The Morgan fingerprint density at radius 2 is 0.981 bits per heavy atom. The number of unbranched alkanes of at least 4 members (excludes halogenated alkanes) is 18. The van der Waals surface area contributed by atoms with Crippen LogP contribution in [-0.2, 0) is 23.9 Å². The van der Waals surface area contributed by atoms with Crippen LogP contribution in [0.5, 0.6) is 0 Å². The molecule has 7 heteroatoms. The number of carbonyl (C=O) groups is 3. The molecule has 0 bridgehead atoms. The first kappa shape index (κ1) is 51.9. The fraction of sp³-hybridized carbons (Fsp3) is 0.851. The zero-order valence-corrected chi connectivity index (χ0v) is 36.5. The summed E-state index contributed by atoms with van der Waals surface area (Å²) in [5, 5.41) is 0. The van der Waals surface area contributed by atoms with Crippen molar-refractivity contribution in [1.29, 1.82) is 0 Å². The van der Waals surface area contributed by atoms with Gasteiger partial charge in [0, 0.05) is 44.3 Å². The predicted octanol–water partition coefficient (Wildman–Crippen LogP) is 12.4. The Bertz CT molecular complexity index is 933. The van der Waals surface area contributed by atoms with Crippen molar-refractivity contribution < 1.29 is 23.9 Å². The molecule has 0 heterocycles. The van der Waals surface area contributed by atoms with E-state index in [1.54, 1.807) is 0 Å². The van der Waals surface area contributed by atoms with Gasteiger partial charge >= 0.3 is 11.9 Å². The van der Waals surface area contributed by atoms with Crippen LogP contribution in [0.1, 0.15) is 201 Å². The molecule has 0 radical (unpaired) electrons. The van der Waals surface area contributed by atoms with Crippen LogP contribution in [0.15, 0.2) is 24.3 Å². The van der Waals surface area contributed by atoms with Crippen LogP contribution in [0, 0.1) is 11.8 Å². The maximum absolute atomic E-state index is 13.8. The molecule has 0 aromatic carbocycles. The maximum Gasteiger partial charge on any atom is 0.305 e. The first-order valence-corrected chi connectivity index (χ1v) is 22.8. The quantitative estimate of drug-likeness (QED) is 0.0353. The molecule has 2 atom stereocenters. The van der Waals surface area contributed by atoms with Gasteiger partial charge in [0.1, 0.15) is 0 Å². The minimum absolute atomic E-state index is 0.0201. The second-order valence-corrected chi connectivity index (χ2v) is 15.9. The molecule has 0 saturated heterocycles. The number of hydrogen-bond acceptors (Lipinski definition) is 6. The van der Waals surface area contributed by atoms with Crippen LogP contribution in [0.4, 0.5) is 0 Å². The Labute approximate surface area is 334 Å². The SMILES string of the molecule is CC/C=C\CCCCCCCC(=O)OCC(COC(=O)CCCCCCC/C=C\CCCCCCCC)CN(CCN(C)C)C(=O)C(CC)CCCCC. The molecule has 0 aliphatic heterocycles. The monoisotopic (exact) mass is 761 g/mol. The summed E-state index contributed by atoms with van der Waals surface area (Å²) in [6, 6.07) is 0. The highest BCUT2D eigenvalue weighted by atomic mass is 16.5. The number of likely N-dealkylation sites (N-methyl/N-ethyl adjacent to an activating group) is 1. The molecule has 0 aliphatic rings. The number of allylic oxidation sites excluding steroid dienone is 4. The number of carbonyl (C=O) groups excluding carboxylic acids is 3. The number of hydrogen-bond donors (Lipinski definition) is 0. The van der Waals surface area contributed by atoms with Crippen LogP contribution in [0.2, 0.25) is 0 Å². The van der Waals surface area contributed by atoms with Crippen molar-refractivity contribution in [2.75, 3.05) is 46.9 Å². The van der Waals surface area contributed by atoms with E-state index in [1.807, 2.05) is 19.0 Å².